The maximum absolute atomic E-state index is 12.0. The van der Waals surface area contributed by atoms with Gasteiger partial charge in [0, 0.05) is 10.7 Å². The average Bonchev–Trinajstić information content (AvgIpc) is 2.65. The topological polar surface area (TPSA) is 46.2 Å². The van der Waals surface area contributed by atoms with E-state index in [9.17, 15) is 8.42 Å². The fourth-order valence-corrected chi connectivity index (χ4v) is 4.18. The van der Waals surface area contributed by atoms with Crippen molar-refractivity contribution in [1.29, 1.82) is 0 Å². The van der Waals surface area contributed by atoms with Crippen LogP contribution < -0.4 is 5.32 Å². The van der Waals surface area contributed by atoms with Gasteiger partial charge in [-0.1, -0.05) is 29.8 Å². The summed E-state index contributed by atoms with van der Waals surface area (Å²) in [6, 6.07) is 14.2. The van der Waals surface area contributed by atoms with Crippen LogP contribution >= 0.6 is 11.6 Å². The molecule has 1 atom stereocenters. The van der Waals surface area contributed by atoms with Crippen LogP contribution in [0.2, 0.25) is 5.02 Å². The molecule has 1 aliphatic rings. The van der Waals surface area contributed by atoms with Gasteiger partial charge < -0.3 is 5.32 Å². The van der Waals surface area contributed by atoms with E-state index in [1.165, 1.54) is 0 Å². The monoisotopic (exact) mass is 293 g/mol. The summed E-state index contributed by atoms with van der Waals surface area (Å²) < 4.78 is 24.1. The molecule has 0 aliphatic carbocycles. The lowest BCUT2D eigenvalue weighted by Gasteiger charge is -2.14. The molecular weight excluding hydrogens is 282 g/mol. The summed E-state index contributed by atoms with van der Waals surface area (Å²) in [7, 11) is -3.17. The lowest BCUT2D eigenvalue weighted by molar-refractivity contribution is 0.598. The van der Waals surface area contributed by atoms with Gasteiger partial charge in [-0.25, -0.2) is 8.42 Å². The van der Waals surface area contributed by atoms with E-state index in [1.807, 2.05) is 24.3 Å². The number of rotatable bonds is 2. The van der Waals surface area contributed by atoms with E-state index in [2.05, 4.69) is 5.32 Å². The summed E-state index contributed by atoms with van der Waals surface area (Å²) in [4.78, 5) is 0.432. The Morgan fingerprint density at radius 1 is 1.05 bits per heavy atom. The normalized spacial score (nSPS) is 19.9. The minimum absolute atomic E-state index is 0.0922. The summed E-state index contributed by atoms with van der Waals surface area (Å²) in [6.45, 7) is 0. The molecule has 0 aromatic heterocycles. The van der Waals surface area contributed by atoms with Crippen molar-refractivity contribution in [3.05, 3.63) is 59.1 Å². The molecule has 19 heavy (non-hydrogen) atoms. The molecule has 0 saturated heterocycles. The van der Waals surface area contributed by atoms with Gasteiger partial charge in [-0.2, -0.15) is 0 Å². The first-order chi connectivity index (χ1) is 9.06. The number of fused-ring (bicyclic) bond motifs is 1. The first kappa shape index (κ1) is 12.5. The molecule has 0 saturated carbocycles. The Morgan fingerprint density at radius 3 is 2.47 bits per heavy atom. The fourth-order valence-electron chi connectivity index (χ4n) is 2.32. The smallest absolute Gasteiger partial charge is 0.181 e. The number of halogens is 1. The molecule has 98 valence electrons. The highest BCUT2D eigenvalue weighted by atomic mass is 35.5. The van der Waals surface area contributed by atoms with Crippen LogP contribution in [0.3, 0.4) is 0 Å². The summed E-state index contributed by atoms with van der Waals surface area (Å²) in [5.41, 5.74) is 1.69. The average molecular weight is 294 g/mol. The quantitative estimate of drug-likeness (QED) is 0.924. The molecule has 2 aromatic rings. The molecule has 1 aliphatic heterocycles. The number of anilines is 1. The predicted molar refractivity (Wildman–Crippen MR) is 76.3 cm³/mol. The summed E-state index contributed by atoms with van der Waals surface area (Å²) >= 11 is 5.83. The highest BCUT2D eigenvalue weighted by Crippen LogP contribution is 2.35. The van der Waals surface area contributed by atoms with Crippen molar-refractivity contribution in [3.8, 4) is 0 Å². The van der Waals surface area contributed by atoms with E-state index in [-0.39, 0.29) is 11.8 Å². The largest absolute Gasteiger partial charge is 0.377 e. The van der Waals surface area contributed by atoms with Gasteiger partial charge in [0.15, 0.2) is 9.84 Å². The lowest BCUT2D eigenvalue weighted by atomic mass is 10.1. The van der Waals surface area contributed by atoms with Gasteiger partial charge in [-0.15, -0.1) is 0 Å². The molecule has 1 heterocycles. The Bertz CT molecular complexity index is 710. The van der Waals surface area contributed by atoms with Crippen molar-refractivity contribution in [1.82, 2.24) is 0 Å². The zero-order valence-electron chi connectivity index (χ0n) is 10.0. The van der Waals surface area contributed by atoms with Crippen LogP contribution in [0, 0.1) is 0 Å². The Labute approximate surface area is 117 Å². The van der Waals surface area contributed by atoms with E-state index in [1.54, 1.807) is 24.3 Å². The molecule has 0 spiro atoms. The molecule has 0 amide bonds. The van der Waals surface area contributed by atoms with Crippen molar-refractivity contribution in [2.45, 2.75) is 10.9 Å². The lowest BCUT2D eigenvalue weighted by Crippen LogP contribution is -2.12. The molecule has 3 rings (SSSR count). The second-order valence-electron chi connectivity index (χ2n) is 4.52. The first-order valence-electron chi connectivity index (χ1n) is 5.90. The minimum atomic E-state index is -3.17. The second-order valence-corrected chi connectivity index (χ2v) is 6.96. The van der Waals surface area contributed by atoms with Crippen LogP contribution in [0.1, 0.15) is 11.6 Å². The maximum Gasteiger partial charge on any atom is 0.181 e. The van der Waals surface area contributed by atoms with Gasteiger partial charge in [0.25, 0.3) is 0 Å². The Kier molecular flexibility index (Phi) is 2.99. The van der Waals surface area contributed by atoms with Gasteiger partial charge in [0.1, 0.15) is 0 Å². The van der Waals surface area contributed by atoms with E-state index < -0.39 is 9.84 Å². The van der Waals surface area contributed by atoms with Crippen LogP contribution in [0.25, 0.3) is 0 Å². The Hall–Kier alpha value is -1.52. The number of hydrogen-bond donors (Lipinski definition) is 1. The maximum atomic E-state index is 12.0. The third kappa shape index (κ3) is 2.33. The van der Waals surface area contributed by atoms with Crippen LogP contribution in [0.15, 0.2) is 53.4 Å². The molecule has 2 aromatic carbocycles. The fraction of sp³-hybridized carbons (Fsp3) is 0.143. The molecule has 3 nitrogen and oxygen atoms in total. The van der Waals surface area contributed by atoms with E-state index in [0.717, 1.165) is 11.3 Å². The van der Waals surface area contributed by atoms with Crippen molar-refractivity contribution >= 4 is 27.1 Å². The zero-order chi connectivity index (χ0) is 13.5. The van der Waals surface area contributed by atoms with Crippen molar-refractivity contribution in [2.24, 2.45) is 0 Å². The van der Waals surface area contributed by atoms with Gasteiger partial charge in [0.05, 0.1) is 16.7 Å². The highest BCUT2D eigenvalue weighted by molar-refractivity contribution is 7.91. The standard InChI is InChI=1S/C14H12ClNO2S/c15-10-5-7-11(8-6-10)16-13-9-19(17,18)14-4-2-1-3-12(13)14/h1-8,13,16H,9H2. The summed E-state index contributed by atoms with van der Waals surface area (Å²) in [5.74, 6) is 0.0922. The summed E-state index contributed by atoms with van der Waals surface area (Å²) in [6.07, 6.45) is 0. The molecule has 5 heteroatoms. The SMILES string of the molecule is O=S1(=O)CC(Nc2ccc(Cl)cc2)c2ccccc21. The Balaban J connectivity index is 1.94. The second kappa shape index (κ2) is 4.54. The molecule has 1 N–H and O–H groups in total. The van der Waals surface area contributed by atoms with Gasteiger partial charge in [0.2, 0.25) is 0 Å². The van der Waals surface area contributed by atoms with E-state index in [0.29, 0.717) is 9.92 Å². The summed E-state index contributed by atoms with van der Waals surface area (Å²) in [5, 5.41) is 3.90. The number of sulfone groups is 1. The minimum Gasteiger partial charge on any atom is -0.377 e. The van der Waals surface area contributed by atoms with E-state index in [4.69, 9.17) is 11.6 Å². The van der Waals surface area contributed by atoms with Crippen LogP contribution in [0.5, 0.6) is 0 Å². The highest BCUT2D eigenvalue weighted by Gasteiger charge is 2.34. The van der Waals surface area contributed by atoms with Gasteiger partial charge >= 0.3 is 0 Å². The van der Waals surface area contributed by atoms with Crippen molar-refractivity contribution < 1.29 is 8.42 Å². The number of nitrogens with one attached hydrogen (secondary N) is 1. The third-order valence-corrected chi connectivity index (χ3v) is 5.27. The molecular formula is C14H12ClNO2S. The van der Waals surface area contributed by atoms with Crippen LogP contribution in [-0.2, 0) is 9.84 Å². The first-order valence-corrected chi connectivity index (χ1v) is 7.93. The Morgan fingerprint density at radius 2 is 1.74 bits per heavy atom. The third-order valence-electron chi connectivity index (χ3n) is 3.20. The zero-order valence-corrected chi connectivity index (χ0v) is 11.6. The number of hydrogen-bond acceptors (Lipinski definition) is 3. The molecule has 0 bridgehead atoms. The van der Waals surface area contributed by atoms with Gasteiger partial charge in [-0.3, -0.25) is 0 Å². The van der Waals surface area contributed by atoms with E-state index >= 15 is 0 Å². The molecule has 0 fully saturated rings. The van der Waals surface area contributed by atoms with Crippen LogP contribution in [-0.4, -0.2) is 14.2 Å². The van der Waals surface area contributed by atoms with Gasteiger partial charge in [-0.05, 0) is 35.9 Å². The predicted octanol–water partition coefficient (Wildman–Crippen LogP) is 3.28. The molecule has 0 radical (unpaired) electrons. The van der Waals surface area contributed by atoms with Crippen LogP contribution in [0.4, 0.5) is 5.69 Å². The van der Waals surface area contributed by atoms with Crippen molar-refractivity contribution in [2.75, 3.05) is 11.1 Å². The van der Waals surface area contributed by atoms with Crippen molar-refractivity contribution in [3.63, 3.8) is 0 Å². The molecule has 1 unspecified atom stereocenters. The number of benzene rings is 2.